The van der Waals surface area contributed by atoms with Crippen LogP contribution in [0.5, 0.6) is 0 Å². The largest absolute Gasteiger partial charge is 0.321 e. The van der Waals surface area contributed by atoms with Gasteiger partial charge >= 0.3 is 0 Å². The molecule has 136 valence electrons. The first-order valence-corrected chi connectivity index (χ1v) is 9.72. The van der Waals surface area contributed by atoms with Crippen molar-refractivity contribution in [2.45, 2.75) is 25.2 Å². The smallest absolute Gasteiger partial charge is 0.255 e. The van der Waals surface area contributed by atoms with Gasteiger partial charge in [0.1, 0.15) is 6.07 Å². The van der Waals surface area contributed by atoms with E-state index in [-0.39, 0.29) is 10.5 Å². The molecule has 0 unspecified atom stereocenters. The standard InChI is InChI=1S/C19H21N3O3S/c1-14(2)10-11-21-26(24,25)17-8-5-7-15(12-17)19(23)22-18-9-4-3-6-16(18)13-20/h3-9,12,14,21H,10-11H2,1-2H3,(H,22,23). The van der Waals surface area contributed by atoms with E-state index in [0.29, 0.717) is 23.7 Å². The van der Waals surface area contributed by atoms with Crippen molar-refractivity contribution in [2.24, 2.45) is 5.92 Å². The van der Waals surface area contributed by atoms with Crippen LogP contribution >= 0.6 is 0 Å². The Bertz CT molecular complexity index is 931. The first-order valence-electron chi connectivity index (χ1n) is 8.23. The molecular formula is C19H21N3O3S. The van der Waals surface area contributed by atoms with Gasteiger partial charge in [-0.25, -0.2) is 13.1 Å². The predicted octanol–water partition coefficient (Wildman–Crippen LogP) is 3.13. The molecule has 0 aliphatic rings. The molecule has 0 atom stereocenters. The van der Waals surface area contributed by atoms with E-state index in [2.05, 4.69) is 10.0 Å². The van der Waals surface area contributed by atoms with Crippen LogP contribution < -0.4 is 10.0 Å². The summed E-state index contributed by atoms with van der Waals surface area (Å²) in [7, 11) is -3.68. The highest BCUT2D eigenvalue weighted by molar-refractivity contribution is 7.89. The van der Waals surface area contributed by atoms with E-state index >= 15 is 0 Å². The molecule has 0 spiro atoms. The van der Waals surface area contributed by atoms with Gasteiger partial charge in [-0.15, -0.1) is 0 Å². The Morgan fingerprint density at radius 3 is 2.58 bits per heavy atom. The summed E-state index contributed by atoms with van der Waals surface area (Å²) in [5.41, 5.74) is 0.910. The lowest BCUT2D eigenvalue weighted by Gasteiger charge is -2.10. The zero-order chi connectivity index (χ0) is 19.2. The number of nitrogens with one attached hydrogen (secondary N) is 2. The van der Waals surface area contributed by atoms with Gasteiger partial charge in [-0.1, -0.05) is 32.0 Å². The van der Waals surface area contributed by atoms with Crippen molar-refractivity contribution in [1.29, 1.82) is 5.26 Å². The minimum atomic E-state index is -3.68. The molecule has 1 amide bonds. The van der Waals surface area contributed by atoms with Crippen molar-refractivity contribution < 1.29 is 13.2 Å². The van der Waals surface area contributed by atoms with E-state index < -0.39 is 15.9 Å². The lowest BCUT2D eigenvalue weighted by molar-refractivity contribution is 0.102. The molecule has 26 heavy (non-hydrogen) atoms. The third-order valence-electron chi connectivity index (χ3n) is 3.72. The lowest BCUT2D eigenvalue weighted by atomic mass is 10.1. The molecule has 2 aromatic carbocycles. The van der Waals surface area contributed by atoms with E-state index in [1.165, 1.54) is 24.3 Å². The third-order valence-corrected chi connectivity index (χ3v) is 5.17. The van der Waals surface area contributed by atoms with Crippen LogP contribution in [0.15, 0.2) is 53.4 Å². The maximum Gasteiger partial charge on any atom is 0.255 e. The van der Waals surface area contributed by atoms with Crippen LogP contribution in [0, 0.1) is 17.2 Å². The molecule has 2 N–H and O–H groups in total. The van der Waals surface area contributed by atoms with Gasteiger partial charge in [0.2, 0.25) is 10.0 Å². The highest BCUT2D eigenvalue weighted by atomic mass is 32.2. The average molecular weight is 371 g/mol. The maximum absolute atomic E-state index is 12.4. The number of hydrogen-bond donors (Lipinski definition) is 2. The first kappa shape index (κ1) is 19.6. The fourth-order valence-corrected chi connectivity index (χ4v) is 3.35. The molecule has 0 aliphatic carbocycles. The fraction of sp³-hybridized carbons (Fsp3) is 0.263. The van der Waals surface area contributed by atoms with Crippen LogP contribution in [0.1, 0.15) is 36.2 Å². The van der Waals surface area contributed by atoms with Gasteiger partial charge in [0.25, 0.3) is 5.91 Å². The molecule has 2 rings (SSSR count). The Balaban J connectivity index is 2.18. The topological polar surface area (TPSA) is 99.1 Å². The molecule has 2 aromatic rings. The molecule has 0 radical (unpaired) electrons. The zero-order valence-corrected chi connectivity index (χ0v) is 15.5. The Kier molecular flexibility index (Phi) is 6.50. The number of benzene rings is 2. The summed E-state index contributed by atoms with van der Waals surface area (Å²) in [5.74, 6) is -0.0954. The highest BCUT2D eigenvalue weighted by Gasteiger charge is 2.16. The second kappa shape index (κ2) is 8.61. The number of sulfonamides is 1. The fourth-order valence-electron chi connectivity index (χ4n) is 2.25. The van der Waals surface area contributed by atoms with Crippen molar-refractivity contribution >= 4 is 21.6 Å². The Labute approximate surface area is 153 Å². The number of carbonyl (C=O) groups excluding carboxylic acids is 1. The van der Waals surface area contributed by atoms with E-state index in [4.69, 9.17) is 5.26 Å². The van der Waals surface area contributed by atoms with Gasteiger partial charge in [-0.05, 0) is 42.7 Å². The summed E-state index contributed by atoms with van der Waals surface area (Å²) < 4.78 is 27.3. The van der Waals surface area contributed by atoms with E-state index in [1.807, 2.05) is 19.9 Å². The van der Waals surface area contributed by atoms with Gasteiger partial charge < -0.3 is 5.32 Å². The zero-order valence-electron chi connectivity index (χ0n) is 14.7. The summed E-state index contributed by atoms with van der Waals surface area (Å²) in [6.07, 6.45) is 0.727. The summed E-state index contributed by atoms with van der Waals surface area (Å²) in [4.78, 5) is 12.5. The highest BCUT2D eigenvalue weighted by Crippen LogP contribution is 2.17. The molecule has 0 aliphatic heterocycles. The van der Waals surface area contributed by atoms with Crippen molar-refractivity contribution in [3.63, 3.8) is 0 Å². The van der Waals surface area contributed by atoms with Crippen LogP contribution in [0.3, 0.4) is 0 Å². The first-order chi connectivity index (χ1) is 12.3. The van der Waals surface area contributed by atoms with Crippen molar-refractivity contribution in [1.82, 2.24) is 4.72 Å². The second-order valence-corrected chi connectivity index (χ2v) is 7.99. The van der Waals surface area contributed by atoms with Crippen LogP contribution in [0.2, 0.25) is 0 Å². The third kappa shape index (κ3) is 5.15. The Hall–Kier alpha value is -2.69. The molecule has 7 heteroatoms. The number of hydrogen-bond acceptors (Lipinski definition) is 4. The van der Waals surface area contributed by atoms with Crippen molar-refractivity contribution in [3.05, 3.63) is 59.7 Å². The van der Waals surface area contributed by atoms with Gasteiger partial charge in [-0.3, -0.25) is 4.79 Å². The van der Waals surface area contributed by atoms with Crippen LogP contribution in [-0.4, -0.2) is 20.9 Å². The monoisotopic (exact) mass is 371 g/mol. The normalized spacial score (nSPS) is 11.2. The number of para-hydroxylation sites is 1. The number of rotatable bonds is 7. The Morgan fingerprint density at radius 1 is 1.15 bits per heavy atom. The number of amides is 1. The minimum Gasteiger partial charge on any atom is -0.321 e. The summed E-state index contributed by atoms with van der Waals surface area (Å²) in [5, 5.41) is 11.7. The molecule has 0 saturated carbocycles. The van der Waals surface area contributed by atoms with E-state index in [1.54, 1.807) is 24.3 Å². The van der Waals surface area contributed by atoms with Crippen LogP contribution in [0.25, 0.3) is 0 Å². The van der Waals surface area contributed by atoms with Crippen LogP contribution in [-0.2, 0) is 10.0 Å². The summed E-state index contributed by atoms with van der Waals surface area (Å²) in [6, 6.07) is 14.4. The Morgan fingerprint density at radius 2 is 1.88 bits per heavy atom. The number of anilines is 1. The summed E-state index contributed by atoms with van der Waals surface area (Å²) >= 11 is 0. The van der Waals surface area contributed by atoms with Crippen molar-refractivity contribution in [3.8, 4) is 6.07 Å². The molecule has 0 saturated heterocycles. The second-order valence-electron chi connectivity index (χ2n) is 6.22. The number of carbonyl (C=O) groups is 1. The quantitative estimate of drug-likeness (QED) is 0.781. The average Bonchev–Trinajstić information content (AvgIpc) is 2.61. The van der Waals surface area contributed by atoms with Gasteiger partial charge in [-0.2, -0.15) is 5.26 Å². The lowest BCUT2D eigenvalue weighted by Crippen LogP contribution is -2.26. The molecule has 0 heterocycles. The molecule has 6 nitrogen and oxygen atoms in total. The van der Waals surface area contributed by atoms with Crippen molar-refractivity contribution in [2.75, 3.05) is 11.9 Å². The van der Waals surface area contributed by atoms with Gasteiger partial charge in [0.15, 0.2) is 0 Å². The molecule has 0 aromatic heterocycles. The molecule has 0 bridgehead atoms. The predicted molar refractivity (Wildman–Crippen MR) is 100 cm³/mol. The number of nitrogens with zero attached hydrogens (tertiary/aromatic N) is 1. The SMILES string of the molecule is CC(C)CCNS(=O)(=O)c1cccc(C(=O)Nc2ccccc2C#N)c1. The van der Waals surface area contributed by atoms with Gasteiger partial charge in [0.05, 0.1) is 16.1 Å². The maximum atomic E-state index is 12.4. The van der Waals surface area contributed by atoms with Gasteiger partial charge in [0, 0.05) is 12.1 Å². The molecular weight excluding hydrogens is 350 g/mol. The molecule has 0 fully saturated rings. The summed E-state index contributed by atoms with van der Waals surface area (Å²) in [6.45, 7) is 4.36. The number of nitriles is 1. The van der Waals surface area contributed by atoms with Crippen LogP contribution in [0.4, 0.5) is 5.69 Å². The minimum absolute atomic E-state index is 0.0301. The van der Waals surface area contributed by atoms with E-state index in [9.17, 15) is 13.2 Å². The van der Waals surface area contributed by atoms with E-state index in [0.717, 1.165) is 6.42 Å².